The molecule has 0 amide bonds. The summed E-state index contributed by atoms with van der Waals surface area (Å²) >= 11 is 0. The Kier molecular flexibility index (Phi) is 52.1. The minimum atomic E-state index is -1.17. The van der Waals surface area contributed by atoms with Gasteiger partial charge in [0.25, 0.3) is 0 Å². The largest absolute Gasteiger partial charge is 0.491 e. The third kappa shape index (κ3) is 23.5. The van der Waals surface area contributed by atoms with E-state index in [1.54, 1.807) is 0 Å². The SMILES string of the molecule is O=[PH+]O.[Na].[Na]. The van der Waals surface area contributed by atoms with Crippen molar-refractivity contribution in [2.45, 2.75) is 0 Å². The van der Waals surface area contributed by atoms with Crippen LogP contribution in [0.2, 0.25) is 0 Å². The first kappa shape index (κ1) is 15.7. The van der Waals surface area contributed by atoms with Crippen molar-refractivity contribution in [2.75, 3.05) is 0 Å². The predicted octanol–water partition coefficient (Wildman–Crippen LogP) is -0.844. The van der Waals surface area contributed by atoms with Crippen LogP contribution in [0, 0.1) is 0 Å². The molecule has 2 radical (unpaired) electrons. The molecule has 0 heterocycles. The maximum absolute atomic E-state index is 8.51. The van der Waals surface area contributed by atoms with Gasteiger partial charge in [-0.1, -0.05) is 0 Å². The maximum atomic E-state index is 8.51. The minimum Gasteiger partial charge on any atom is -0.162 e. The molecule has 5 heavy (non-hydrogen) atoms. The summed E-state index contributed by atoms with van der Waals surface area (Å²) in [5, 5.41) is 0. The fourth-order valence-corrected chi connectivity index (χ4v) is 0. The summed E-state index contributed by atoms with van der Waals surface area (Å²) in [6.45, 7) is 0. The van der Waals surface area contributed by atoms with Gasteiger partial charge in [0.05, 0.1) is 0 Å². The van der Waals surface area contributed by atoms with Gasteiger partial charge in [0.1, 0.15) is 0 Å². The molecular formula is H2Na2O2P+. The van der Waals surface area contributed by atoms with Gasteiger partial charge in [-0.25, -0.2) is 0 Å². The van der Waals surface area contributed by atoms with Crippen LogP contribution in [0.25, 0.3) is 0 Å². The summed E-state index contributed by atoms with van der Waals surface area (Å²) in [5.74, 6) is 0. The standard InChI is InChI=1S/2Na.HO2P/c;;1-3-2/h;;3H/p+1. The molecule has 1 unspecified atom stereocenters. The van der Waals surface area contributed by atoms with Crippen LogP contribution in [-0.2, 0) is 4.57 Å². The molecule has 1 atom stereocenters. The molecule has 0 aromatic rings. The summed E-state index contributed by atoms with van der Waals surface area (Å²) in [6.07, 6.45) is 0. The van der Waals surface area contributed by atoms with Crippen molar-refractivity contribution in [3.05, 3.63) is 0 Å². The first-order valence-electron chi connectivity index (χ1n) is 0.428. The minimum absolute atomic E-state index is 0. The van der Waals surface area contributed by atoms with E-state index >= 15 is 0 Å². The zero-order chi connectivity index (χ0) is 2.71. The van der Waals surface area contributed by atoms with Gasteiger partial charge in [-0.15, -0.1) is 0 Å². The molecule has 0 bridgehead atoms. The second kappa shape index (κ2) is 16.6. The Morgan fingerprint density at radius 3 is 1.40 bits per heavy atom. The van der Waals surface area contributed by atoms with Crippen LogP contribution in [-0.4, -0.2) is 64.0 Å². The Bertz CT molecular complexity index is 15.1. The van der Waals surface area contributed by atoms with Crippen LogP contribution in [0.4, 0.5) is 0 Å². The summed E-state index contributed by atoms with van der Waals surface area (Å²) in [7, 11) is -1.17. The van der Waals surface area contributed by atoms with Crippen LogP contribution in [0.3, 0.4) is 0 Å². The Hall–Kier alpha value is 2.06. The molecule has 0 aliphatic carbocycles. The monoisotopic (exact) mass is 111 g/mol. The van der Waals surface area contributed by atoms with E-state index in [4.69, 9.17) is 9.46 Å². The van der Waals surface area contributed by atoms with E-state index < -0.39 is 8.69 Å². The van der Waals surface area contributed by atoms with Gasteiger partial charge >= 0.3 is 8.69 Å². The molecule has 0 saturated heterocycles. The van der Waals surface area contributed by atoms with Crippen molar-refractivity contribution in [1.82, 2.24) is 0 Å². The van der Waals surface area contributed by atoms with Gasteiger partial charge in [0.15, 0.2) is 0 Å². The Balaban J connectivity index is -0.0000000200. The van der Waals surface area contributed by atoms with Crippen molar-refractivity contribution >= 4 is 67.8 Å². The Morgan fingerprint density at radius 1 is 1.40 bits per heavy atom. The third-order valence-electron chi connectivity index (χ3n) is 0. The number of rotatable bonds is 0. The Morgan fingerprint density at radius 2 is 1.40 bits per heavy atom. The van der Waals surface area contributed by atoms with Crippen molar-refractivity contribution < 1.29 is 9.46 Å². The molecule has 0 saturated carbocycles. The van der Waals surface area contributed by atoms with Crippen molar-refractivity contribution in [3.8, 4) is 0 Å². The van der Waals surface area contributed by atoms with E-state index in [1.165, 1.54) is 0 Å². The fourth-order valence-electron chi connectivity index (χ4n) is 0. The van der Waals surface area contributed by atoms with E-state index in [0.717, 1.165) is 0 Å². The molecule has 0 fully saturated rings. The van der Waals surface area contributed by atoms with E-state index in [9.17, 15) is 0 Å². The number of hydrogen-bond acceptors (Lipinski definition) is 1. The summed E-state index contributed by atoms with van der Waals surface area (Å²) in [5.41, 5.74) is 0. The quantitative estimate of drug-likeness (QED) is 0.326. The summed E-state index contributed by atoms with van der Waals surface area (Å²) < 4.78 is 8.51. The van der Waals surface area contributed by atoms with Crippen LogP contribution in [0.5, 0.6) is 0 Å². The second-order valence-corrected chi connectivity index (χ2v) is 0.274. The van der Waals surface area contributed by atoms with Crippen molar-refractivity contribution in [2.24, 2.45) is 0 Å². The first-order chi connectivity index (χ1) is 1.41. The van der Waals surface area contributed by atoms with E-state index in [1.807, 2.05) is 0 Å². The van der Waals surface area contributed by atoms with E-state index in [2.05, 4.69) is 0 Å². The maximum Gasteiger partial charge on any atom is 0.491 e. The normalized spacial score (nSPS) is 4.20. The molecule has 0 spiro atoms. The molecule has 0 aliphatic rings. The van der Waals surface area contributed by atoms with Crippen molar-refractivity contribution in [3.63, 3.8) is 0 Å². The average Bonchev–Trinajstić information content (AvgIpc) is 0.918. The Labute approximate surface area is 76.2 Å². The summed E-state index contributed by atoms with van der Waals surface area (Å²) in [4.78, 5) is 7.04. The third-order valence-corrected chi connectivity index (χ3v) is 0. The van der Waals surface area contributed by atoms with Gasteiger partial charge in [-0.3, -0.25) is 0 Å². The molecule has 0 aliphatic heterocycles. The summed E-state index contributed by atoms with van der Waals surface area (Å²) in [6, 6.07) is 0. The molecule has 2 nitrogen and oxygen atoms in total. The van der Waals surface area contributed by atoms with Gasteiger partial charge in [0, 0.05) is 59.1 Å². The van der Waals surface area contributed by atoms with E-state index in [-0.39, 0.29) is 59.1 Å². The molecule has 5 heteroatoms. The molecular weight excluding hydrogens is 109 g/mol. The smallest absolute Gasteiger partial charge is 0.162 e. The average molecular weight is 111 g/mol. The van der Waals surface area contributed by atoms with Gasteiger partial charge in [-0.05, 0) is 4.57 Å². The van der Waals surface area contributed by atoms with E-state index in [0.29, 0.717) is 0 Å². The molecule has 1 N–H and O–H groups in total. The molecule has 0 aromatic heterocycles. The molecule has 20 valence electrons. The number of hydrogen-bond donors (Lipinski definition) is 1. The fraction of sp³-hybridized carbons (Fsp3) is 0. The van der Waals surface area contributed by atoms with Crippen LogP contribution in [0.1, 0.15) is 0 Å². The second-order valence-electron chi connectivity index (χ2n) is 0.0913. The topological polar surface area (TPSA) is 37.3 Å². The van der Waals surface area contributed by atoms with Crippen LogP contribution < -0.4 is 0 Å². The van der Waals surface area contributed by atoms with Gasteiger partial charge in [0.2, 0.25) is 0 Å². The van der Waals surface area contributed by atoms with Gasteiger partial charge in [-0.2, -0.15) is 4.89 Å². The zero-order valence-electron chi connectivity index (χ0n) is 3.36. The zero-order valence-corrected chi connectivity index (χ0v) is 8.36. The first-order valence-corrected chi connectivity index (χ1v) is 1.28. The van der Waals surface area contributed by atoms with Crippen molar-refractivity contribution in [1.29, 1.82) is 0 Å². The predicted molar refractivity (Wildman–Crippen MR) is 22.7 cm³/mol. The van der Waals surface area contributed by atoms with Crippen LogP contribution >= 0.6 is 8.69 Å². The molecule has 0 rings (SSSR count). The molecule has 0 aromatic carbocycles. The van der Waals surface area contributed by atoms with Crippen LogP contribution in [0.15, 0.2) is 0 Å². The van der Waals surface area contributed by atoms with Gasteiger partial charge < -0.3 is 0 Å².